The van der Waals surface area contributed by atoms with Gasteiger partial charge in [-0.15, -0.1) is 0 Å². The summed E-state index contributed by atoms with van der Waals surface area (Å²) in [5.74, 6) is 0.854. The van der Waals surface area contributed by atoms with E-state index in [1.165, 1.54) is 55.6 Å². The molecular formula is C70H115ClF6N12O. The van der Waals surface area contributed by atoms with E-state index in [4.69, 9.17) is 16.6 Å². The first-order valence-corrected chi connectivity index (χ1v) is 35.1. The van der Waals surface area contributed by atoms with Crippen molar-refractivity contribution in [1.29, 1.82) is 0 Å². The lowest BCUT2D eigenvalue weighted by Gasteiger charge is -2.60. The summed E-state index contributed by atoms with van der Waals surface area (Å²) in [6.07, 6.45) is 20.4. The average molecular weight is 1290 g/mol. The molecule has 0 bridgehead atoms. The van der Waals surface area contributed by atoms with Crippen molar-refractivity contribution in [2.75, 3.05) is 66.5 Å². The summed E-state index contributed by atoms with van der Waals surface area (Å²) >= 11 is 6.18. The number of nitrogens with one attached hydrogen (secondary N) is 6. The van der Waals surface area contributed by atoms with Crippen LogP contribution < -0.4 is 31.9 Å². The SMILES string of the molecule is CC[C@H](C)[C@H]1CN[C@@H](CC(F)(F)F)C(C)NCC2[C@@H](C(=O)N3CCCCC3)C(C)N2[C@@H](C(C)C)C(C)NC2(CCCC2)CNCCN=CC=C(CCc2ccc(C(F)(F)F)c(Cl)c2)NC=CN(C)C=C(CC2CCCCC2)N(C)C=C2CCCN2[C@@H](C)C(C)N1. The first-order chi connectivity index (χ1) is 42.8. The van der Waals surface area contributed by atoms with Crippen LogP contribution in [0.2, 0.25) is 5.02 Å². The van der Waals surface area contributed by atoms with Crippen LogP contribution in [0.5, 0.6) is 0 Å². The van der Waals surface area contributed by atoms with Gasteiger partial charge in [0, 0.05) is 168 Å². The molecule has 1 aromatic rings. The minimum atomic E-state index is -4.54. The maximum atomic E-state index is 14.8. The van der Waals surface area contributed by atoms with Gasteiger partial charge in [0.2, 0.25) is 5.91 Å². The number of aliphatic imine (C=N–C) groups is 1. The average Bonchev–Trinajstić information content (AvgIpc) is 0.786. The number of carbonyl (C=O) groups is 1. The molecule has 90 heavy (non-hydrogen) atoms. The minimum absolute atomic E-state index is 0.0163. The van der Waals surface area contributed by atoms with E-state index in [1.807, 2.05) is 37.3 Å². The minimum Gasteiger partial charge on any atom is -0.369 e. The zero-order valence-electron chi connectivity index (χ0n) is 56.5. The maximum absolute atomic E-state index is 14.8. The van der Waals surface area contributed by atoms with Crippen molar-refractivity contribution in [3.63, 3.8) is 0 Å². The monoisotopic (exact) mass is 1290 g/mol. The fourth-order valence-electron chi connectivity index (χ4n) is 15.6. The summed E-state index contributed by atoms with van der Waals surface area (Å²) in [6, 6.07) is 2.37. The highest BCUT2D eigenvalue weighted by Gasteiger charge is 2.55. The van der Waals surface area contributed by atoms with Crippen LogP contribution in [0.3, 0.4) is 0 Å². The zero-order chi connectivity index (χ0) is 65.3. The molecule has 5 fully saturated rings. The molecule has 20 heteroatoms. The Balaban J connectivity index is 1.20. The molecule has 5 unspecified atom stereocenters. The fourth-order valence-corrected chi connectivity index (χ4v) is 15.9. The first-order valence-electron chi connectivity index (χ1n) is 34.7. The molecule has 2 saturated carbocycles. The number of aryl methyl sites for hydroxylation is 1. The number of allylic oxidation sites excluding steroid dienone is 4. The van der Waals surface area contributed by atoms with E-state index in [-0.39, 0.29) is 76.5 Å². The molecule has 0 aromatic heterocycles. The van der Waals surface area contributed by atoms with Crippen molar-refractivity contribution in [3.8, 4) is 0 Å². The number of benzene rings is 1. The summed E-state index contributed by atoms with van der Waals surface area (Å²) in [4.78, 5) is 31.0. The van der Waals surface area contributed by atoms with E-state index in [2.05, 4.69) is 126 Å². The van der Waals surface area contributed by atoms with Gasteiger partial charge in [-0.25, -0.2) is 0 Å². The quantitative estimate of drug-likeness (QED) is 0.126. The summed E-state index contributed by atoms with van der Waals surface area (Å²) in [7, 11) is 4.18. The number of hydrogen-bond acceptors (Lipinski definition) is 12. The Hall–Kier alpha value is -3.85. The van der Waals surface area contributed by atoms with Crippen LogP contribution in [-0.4, -0.2) is 169 Å². The van der Waals surface area contributed by atoms with Gasteiger partial charge in [0.1, 0.15) is 0 Å². The van der Waals surface area contributed by atoms with Gasteiger partial charge in [0.15, 0.2) is 0 Å². The van der Waals surface area contributed by atoms with Crippen molar-refractivity contribution in [2.45, 2.75) is 257 Å². The van der Waals surface area contributed by atoms with Crippen LogP contribution in [-0.2, 0) is 17.4 Å². The molecule has 7 rings (SSSR count). The number of piperidine rings is 1. The van der Waals surface area contributed by atoms with Gasteiger partial charge in [-0.2, -0.15) is 26.3 Å². The predicted molar refractivity (Wildman–Crippen MR) is 357 cm³/mol. The summed E-state index contributed by atoms with van der Waals surface area (Å²) in [5, 5.41) is 22.2. The molecule has 6 aliphatic rings. The number of amides is 1. The van der Waals surface area contributed by atoms with E-state index in [1.54, 1.807) is 6.21 Å². The maximum Gasteiger partial charge on any atom is 0.417 e. The molecule has 510 valence electrons. The highest BCUT2D eigenvalue weighted by atomic mass is 35.5. The van der Waals surface area contributed by atoms with Crippen molar-refractivity contribution < 1.29 is 31.1 Å². The lowest BCUT2D eigenvalue weighted by molar-refractivity contribution is -0.162. The molecule has 1 amide bonds. The van der Waals surface area contributed by atoms with E-state index in [9.17, 15) is 31.1 Å². The van der Waals surface area contributed by atoms with Crippen molar-refractivity contribution in [2.24, 2.45) is 28.7 Å². The molecule has 1 spiro atoms. The summed E-state index contributed by atoms with van der Waals surface area (Å²) in [6.45, 7) is 24.8. The highest BCUT2D eigenvalue weighted by Crippen LogP contribution is 2.41. The Morgan fingerprint density at radius 1 is 0.822 bits per heavy atom. The van der Waals surface area contributed by atoms with Crippen LogP contribution in [0.4, 0.5) is 26.3 Å². The molecule has 2 aliphatic carbocycles. The Kier molecular flexibility index (Phi) is 28.2. The molecule has 4 heterocycles. The Labute approximate surface area is 542 Å². The normalized spacial score (nSPS) is 30.0. The summed E-state index contributed by atoms with van der Waals surface area (Å²) < 4.78 is 85.4. The van der Waals surface area contributed by atoms with Gasteiger partial charge in [-0.05, 0) is 140 Å². The smallest absolute Gasteiger partial charge is 0.369 e. The van der Waals surface area contributed by atoms with Crippen molar-refractivity contribution >= 4 is 23.7 Å². The van der Waals surface area contributed by atoms with Gasteiger partial charge in [0.25, 0.3) is 0 Å². The topological polar surface area (TPSA) is 118 Å². The second kappa shape index (κ2) is 34.5. The number of likely N-dealkylation sites (tertiary alicyclic amines) is 1. The van der Waals surface area contributed by atoms with Crippen molar-refractivity contribution in [1.82, 2.24) is 56.4 Å². The number of alkyl halides is 6. The third-order valence-corrected chi connectivity index (χ3v) is 21.4. The molecule has 13 nitrogen and oxygen atoms in total. The predicted octanol–water partition coefficient (Wildman–Crippen LogP) is 13.2. The number of nitrogens with zero attached hydrogens (tertiary/aromatic N) is 6. The molecule has 11 atom stereocenters. The highest BCUT2D eigenvalue weighted by molar-refractivity contribution is 6.31. The first kappa shape index (κ1) is 73.6. The number of carbonyl (C=O) groups excluding carboxylic acids is 1. The Morgan fingerprint density at radius 3 is 2.20 bits per heavy atom. The Morgan fingerprint density at radius 2 is 1.53 bits per heavy atom. The number of rotatable bonds is 10. The lowest BCUT2D eigenvalue weighted by Crippen LogP contribution is -2.76. The van der Waals surface area contributed by atoms with Crippen LogP contribution >= 0.6 is 11.6 Å². The number of hydrogen-bond donors (Lipinski definition) is 6. The molecular weight excluding hydrogens is 1170 g/mol. The van der Waals surface area contributed by atoms with Gasteiger partial charge >= 0.3 is 12.4 Å². The van der Waals surface area contributed by atoms with Crippen LogP contribution in [0, 0.1) is 23.7 Å². The van der Waals surface area contributed by atoms with Crippen LogP contribution in [0.25, 0.3) is 0 Å². The third-order valence-electron chi connectivity index (χ3n) is 21.1. The number of fused-ring (bicyclic) bond motifs is 2. The molecule has 3 saturated heterocycles. The Bertz CT molecular complexity index is 2520. The van der Waals surface area contributed by atoms with Gasteiger partial charge < -0.3 is 51.5 Å². The zero-order valence-corrected chi connectivity index (χ0v) is 57.3. The molecule has 4 aliphatic heterocycles. The van der Waals surface area contributed by atoms with Crippen LogP contribution in [0.1, 0.15) is 189 Å². The summed E-state index contributed by atoms with van der Waals surface area (Å²) in [5.41, 5.74) is 3.01. The van der Waals surface area contributed by atoms with Gasteiger partial charge in [0.05, 0.1) is 29.5 Å². The van der Waals surface area contributed by atoms with E-state index >= 15 is 0 Å². The van der Waals surface area contributed by atoms with Crippen LogP contribution in [0.15, 0.2) is 71.2 Å². The largest absolute Gasteiger partial charge is 0.417 e. The lowest BCUT2D eigenvalue weighted by atomic mass is 9.74. The van der Waals surface area contributed by atoms with E-state index in [0.717, 1.165) is 109 Å². The standard InChI is InChI=1S/C70H115ClF6N12O/c1-12-49(4)63-43-82-62(42-69(72,73)74)51(6)81-44-64-65(67(90)87-36-19-14-20-37-87)54(9)89(64)66(48(2)3)52(7)84-68(30-17-18-31-68)47-79-34-33-78-32-29-57(27-25-56-26-28-60(61(71)41-56)70(75,76)77)80-35-39-85(10)45-59(40-55-22-15-13-16-23-55)86(11)46-58-24-21-38-88(58)53(8)50(5)83-63/h26,28-29,32,35,39,41,45-46,48-55,62-66,79-84H,12-25,27,30-31,33-34,36-38,40,42-44,47H2,1-11H3/t49-,50?,51?,52?,53-,54?,62-,63+,64?,65-,66-/m0/s1. The third kappa shape index (κ3) is 21.1. The fraction of sp³-hybridized carbons (Fsp3) is 0.771. The second-order valence-corrected chi connectivity index (χ2v) is 28.7. The number of halogens is 7. The second-order valence-electron chi connectivity index (χ2n) is 28.3. The van der Waals surface area contributed by atoms with Gasteiger partial charge in [-0.3, -0.25) is 14.7 Å². The van der Waals surface area contributed by atoms with E-state index in [0.29, 0.717) is 50.5 Å². The molecule has 0 radical (unpaired) electrons. The van der Waals surface area contributed by atoms with E-state index < -0.39 is 36.4 Å². The van der Waals surface area contributed by atoms with Gasteiger partial charge in [-0.1, -0.05) is 96.7 Å². The molecule has 6 N–H and O–H groups in total. The molecule has 1 aromatic carbocycles. The van der Waals surface area contributed by atoms with Crippen molar-refractivity contribution in [3.05, 3.63) is 82.3 Å².